The molecule has 1 aliphatic carbocycles. The summed E-state index contributed by atoms with van der Waals surface area (Å²) in [4.78, 5) is 26.3. The van der Waals surface area contributed by atoms with Crippen LogP contribution in [0.3, 0.4) is 0 Å². The second-order valence-electron chi connectivity index (χ2n) is 5.53. The van der Waals surface area contributed by atoms with Crippen molar-refractivity contribution in [1.82, 2.24) is 9.80 Å². The van der Waals surface area contributed by atoms with E-state index in [2.05, 4.69) is 0 Å². The lowest BCUT2D eigenvalue weighted by atomic mass is 9.94. The second kappa shape index (κ2) is 8.15. The molecule has 1 amide bonds. The van der Waals surface area contributed by atoms with Gasteiger partial charge in [0, 0.05) is 19.5 Å². The minimum atomic E-state index is -0.779. The van der Waals surface area contributed by atoms with Crippen molar-refractivity contribution in [2.45, 2.75) is 51.0 Å². The molecule has 1 rings (SSSR count). The maximum atomic E-state index is 12.1. The topological polar surface area (TPSA) is 60.9 Å². The van der Waals surface area contributed by atoms with Gasteiger partial charge in [0.2, 0.25) is 5.91 Å². The van der Waals surface area contributed by atoms with Crippen LogP contribution < -0.4 is 0 Å². The number of hydrogen-bond donors (Lipinski definition) is 1. The number of carboxylic acid groups (broad SMARTS) is 1. The van der Waals surface area contributed by atoms with E-state index < -0.39 is 5.97 Å². The van der Waals surface area contributed by atoms with E-state index in [1.807, 2.05) is 23.9 Å². The van der Waals surface area contributed by atoms with Crippen LogP contribution in [0.25, 0.3) is 0 Å². The van der Waals surface area contributed by atoms with Gasteiger partial charge in [-0.1, -0.05) is 19.3 Å². The van der Waals surface area contributed by atoms with Crippen molar-refractivity contribution in [1.29, 1.82) is 0 Å². The van der Waals surface area contributed by atoms with Crippen LogP contribution in [0.4, 0.5) is 0 Å². The van der Waals surface area contributed by atoms with Gasteiger partial charge in [-0.05, 0) is 32.9 Å². The van der Waals surface area contributed by atoms with Crippen LogP contribution in [-0.2, 0) is 9.59 Å². The molecule has 1 fully saturated rings. The lowest BCUT2D eigenvalue weighted by Gasteiger charge is -2.32. The van der Waals surface area contributed by atoms with Crippen LogP contribution in [-0.4, -0.2) is 60.0 Å². The standard InChI is InChI=1S/C14H26N2O3/c1-15(10-6-9-14(18)19)11-13(17)16(2)12-7-4-3-5-8-12/h12H,3-11H2,1-2H3,(H,18,19). The van der Waals surface area contributed by atoms with E-state index in [0.29, 0.717) is 25.6 Å². The summed E-state index contributed by atoms with van der Waals surface area (Å²) >= 11 is 0. The van der Waals surface area contributed by atoms with Gasteiger partial charge in [0.05, 0.1) is 6.54 Å². The van der Waals surface area contributed by atoms with E-state index in [-0.39, 0.29) is 12.3 Å². The number of carbonyl (C=O) groups excluding carboxylic acids is 1. The number of carbonyl (C=O) groups is 2. The third-order valence-corrected chi connectivity index (χ3v) is 3.85. The highest BCUT2D eigenvalue weighted by atomic mass is 16.4. The quantitative estimate of drug-likeness (QED) is 0.763. The van der Waals surface area contributed by atoms with Crippen LogP contribution in [0, 0.1) is 0 Å². The fraction of sp³-hybridized carbons (Fsp3) is 0.857. The number of aliphatic carboxylic acids is 1. The molecule has 110 valence electrons. The summed E-state index contributed by atoms with van der Waals surface area (Å²) in [6, 6.07) is 0.397. The molecule has 0 aromatic heterocycles. The predicted octanol–water partition coefficient (Wildman–Crippen LogP) is 1.57. The minimum Gasteiger partial charge on any atom is -0.481 e. The summed E-state index contributed by atoms with van der Waals surface area (Å²) in [5.74, 6) is -0.635. The average Bonchev–Trinajstić information content (AvgIpc) is 2.38. The molecule has 0 saturated heterocycles. The van der Waals surface area contributed by atoms with Crippen LogP contribution in [0.5, 0.6) is 0 Å². The molecule has 0 atom stereocenters. The zero-order valence-electron chi connectivity index (χ0n) is 12.1. The molecule has 5 heteroatoms. The summed E-state index contributed by atoms with van der Waals surface area (Å²) in [5, 5.41) is 8.57. The average molecular weight is 270 g/mol. The van der Waals surface area contributed by atoms with Crippen LogP contribution >= 0.6 is 0 Å². The molecule has 1 saturated carbocycles. The third kappa shape index (κ3) is 6.05. The number of likely N-dealkylation sites (N-methyl/N-ethyl adjacent to an activating group) is 2. The van der Waals surface area contributed by atoms with Gasteiger partial charge in [0.1, 0.15) is 0 Å². The fourth-order valence-electron chi connectivity index (χ4n) is 2.59. The fourth-order valence-corrected chi connectivity index (χ4v) is 2.59. The Morgan fingerprint density at radius 1 is 1.16 bits per heavy atom. The SMILES string of the molecule is CN(CCCC(=O)O)CC(=O)N(C)C1CCCCC1. The number of rotatable bonds is 7. The summed E-state index contributed by atoms with van der Waals surface area (Å²) in [6.07, 6.45) is 6.71. The normalized spacial score (nSPS) is 16.6. The van der Waals surface area contributed by atoms with Crippen LogP contribution in [0.15, 0.2) is 0 Å². The van der Waals surface area contributed by atoms with Crippen molar-refractivity contribution in [3.05, 3.63) is 0 Å². The summed E-state index contributed by atoms with van der Waals surface area (Å²) in [6.45, 7) is 1.03. The number of hydrogen-bond acceptors (Lipinski definition) is 3. The molecule has 0 bridgehead atoms. The van der Waals surface area contributed by atoms with E-state index in [1.54, 1.807) is 0 Å². The van der Waals surface area contributed by atoms with E-state index in [1.165, 1.54) is 19.3 Å². The highest BCUT2D eigenvalue weighted by molar-refractivity contribution is 5.78. The Labute approximate surface area is 115 Å². The highest BCUT2D eigenvalue weighted by Gasteiger charge is 2.22. The molecular weight excluding hydrogens is 244 g/mol. The number of amides is 1. The highest BCUT2D eigenvalue weighted by Crippen LogP contribution is 2.21. The largest absolute Gasteiger partial charge is 0.481 e. The van der Waals surface area contributed by atoms with Crippen molar-refractivity contribution in [3.8, 4) is 0 Å². The molecule has 19 heavy (non-hydrogen) atoms. The van der Waals surface area contributed by atoms with E-state index in [4.69, 9.17) is 5.11 Å². The summed E-state index contributed by atoms with van der Waals surface area (Å²) < 4.78 is 0. The van der Waals surface area contributed by atoms with Gasteiger partial charge in [0.15, 0.2) is 0 Å². The Morgan fingerprint density at radius 2 is 1.79 bits per heavy atom. The molecule has 1 N–H and O–H groups in total. The molecule has 0 unspecified atom stereocenters. The third-order valence-electron chi connectivity index (χ3n) is 3.85. The van der Waals surface area contributed by atoms with Crippen molar-refractivity contribution in [3.63, 3.8) is 0 Å². The summed E-state index contributed by atoms with van der Waals surface area (Å²) in [5.41, 5.74) is 0. The van der Waals surface area contributed by atoms with Crippen LogP contribution in [0.1, 0.15) is 44.9 Å². The minimum absolute atomic E-state index is 0.143. The predicted molar refractivity (Wildman–Crippen MR) is 74.0 cm³/mol. The summed E-state index contributed by atoms with van der Waals surface area (Å²) in [7, 11) is 3.76. The second-order valence-corrected chi connectivity index (χ2v) is 5.53. The van der Waals surface area contributed by atoms with E-state index >= 15 is 0 Å². The Hall–Kier alpha value is -1.10. The van der Waals surface area contributed by atoms with Gasteiger partial charge in [-0.2, -0.15) is 0 Å². The van der Waals surface area contributed by atoms with Crippen LogP contribution in [0.2, 0.25) is 0 Å². The Bertz CT molecular complexity index is 301. The molecule has 0 radical (unpaired) electrons. The lowest BCUT2D eigenvalue weighted by Crippen LogP contribution is -2.43. The Morgan fingerprint density at radius 3 is 2.37 bits per heavy atom. The van der Waals surface area contributed by atoms with Crippen molar-refractivity contribution in [2.75, 3.05) is 27.2 Å². The molecule has 0 aromatic rings. The van der Waals surface area contributed by atoms with Crippen molar-refractivity contribution in [2.24, 2.45) is 0 Å². The molecule has 0 aliphatic heterocycles. The zero-order chi connectivity index (χ0) is 14.3. The van der Waals surface area contributed by atoms with E-state index in [9.17, 15) is 9.59 Å². The zero-order valence-corrected chi connectivity index (χ0v) is 12.1. The molecule has 5 nitrogen and oxygen atoms in total. The molecule has 0 aromatic carbocycles. The number of carboxylic acids is 1. The molecule has 0 heterocycles. The smallest absolute Gasteiger partial charge is 0.303 e. The maximum absolute atomic E-state index is 12.1. The van der Waals surface area contributed by atoms with E-state index in [0.717, 1.165) is 12.8 Å². The lowest BCUT2D eigenvalue weighted by molar-refractivity contribution is -0.137. The first-order chi connectivity index (χ1) is 9.00. The van der Waals surface area contributed by atoms with Gasteiger partial charge in [-0.3, -0.25) is 14.5 Å². The monoisotopic (exact) mass is 270 g/mol. The molecule has 1 aliphatic rings. The van der Waals surface area contributed by atoms with Gasteiger partial charge in [0.25, 0.3) is 0 Å². The van der Waals surface area contributed by atoms with Gasteiger partial charge < -0.3 is 10.0 Å². The molecular formula is C14H26N2O3. The Balaban J connectivity index is 2.26. The molecule has 0 spiro atoms. The van der Waals surface area contributed by atoms with Gasteiger partial charge in [-0.15, -0.1) is 0 Å². The Kier molecular flexibility index (Phi) is 6.84. The number of nitrogens with zero attached hydrogens (tertiary/aromatic N) is 2. The maximum Gasteiger partial charge on any atom is 0.303 e. The first kappa shape index (κ1) is 16.0. The van der Waals surface area contributed by atoms with Gasteiger partial charge in [-0.25, -0.2) is 0 Å². The first-order valence-electron chi connectivity index (χ1n) is 7.16. The van der Waals surface area contributed by atoms with Crippen molar-refractivity contribution < 1.29 is 14.7 Å². The van der Waals surface area contributed by atoms with Gasteiger partial charge >= 0.3 is 5.97 Å². The first-order valence-corrected chi connectivity index (χ1v) is 7.16. The van der Waals surface area contributed by atoms with Crippen molar-refractivity contribution >= 4 is 11.9 Å².